The van der Waals surface area contributed by atoms with Gasteiger partial charge in [-0.25, -0.2) is 0 Å². The third kappa shape index (κ3) is 3.19. The second kappa shape index (κ2) is 7.54. The van der Waals surface area contributed by atoms with Crippen LogP contribution in [0.3, 0.4) is 0 Å². The van der Waals surface area contributed by atoms with Crippen LogP contribution in [0, 0.1) is 13.1 Å². The standard InChI is InChI=1S/C22H26N3O3/c1-16-18(20-6-5-13-28-20)15-23(2)22(16)25-11-9-24(10-12-25)19-8-7-17(26-3)14-21(19)27-4/h5-8,13-14H,9-12H2,1-4H3. The highest BCUT2D eigenvalue weighted by Crippen LogP contribution is 2.35. The van der Waals surface area contributed by atoms with E-state index in [1.165, 1.54) is 11.4 Å². The number of furan rings is 1. The molecule has 3 aromatic rings. The van der Waals surface area contributed by atoms with E-state index in [2.05, 4.69) is 33.6 Å². The van der Waals surface area contributed by atoms with Gasteiger partial charge >= 0.3 is 0 Å². The lowest BCUT2D eigenvalue weighted by Gasteiger charge is -2.38. The van der Waals surface area contributed by atoms with Crippen molar-refractivity contribution in [2.24, 2.45) is 7.05 Å². The molecular formula is C22H26N3O3. The van der Waals surface area contributed by atoms with Crippen molar-refractivity contribution in [3.05, 3.63) is 48.4 Å². The Kier molecular flexibility index (Phi) is 4.94. The van der Waals surface area contributed by atoms with Crippen molar-refractivity contribution in [1.82, 2.24) is 4.57 Å². The number of ether oxygens (including phenoxy) is 2. The Morgan fingerprint density at radius 2 is 1.75 bits per heavy atom. The van der Waals surface area contributed by atoms with Crippen LogP contribution >= 0.6 is 0 Å². The first-order valence-electron chi connectivity index (χ1n) is 9.46. The molecule has 6 nitrogen and oxygen atoms in total. The molecule has 0 saturated carbocycles. The molecule has 0 spiro atoms. The molecule has 28 heavy (non-hydrogen) atoms. The van der Waals surface area contributed by atoms with Gasteiger partial charge in [-0.15, -0.1) is 0 Å². The maximum Gasteiger partial charge on any atom is 0.145 e. The number of aryl methyl sites for hydroxylation is 1. The first kappa shape index (κ1) is 18.3. The van der Waals surface area contributed by atoms with Crippen molar-refractivity contribution >= 4 is 11.5 Å². The van der Waals surface area contributed by atoms with Crippen LogP contribution in [0.5, 0.6) is 11.5 Å². The Morgan fingerprint density at radius 1 is 1.00 bits per heavy atom. The Hall–Kier alpha value is -3.02. The molecule has 1 aromatic carbocycles. The number of rotatable bonds is 5. The number of anilines is 2. The molecule has 1 radical (unpaired) electrons. The largest absolute Gasteiger partial charge is 0.497 e. The number of hydrogen-bond acceptors (Lipinski definition) is 5. The van der Waals surface area contributed by atoms with Crippen molar-refractivity contribution < 1.29 is 13.9 Å². The zero-order valence-electron chi connectivity index (χ0n) is 16.9. The van der Waals surface area contributed by atoms with Crippen LogP contribution in [0.25, 0.3) is 11.3 Å². The molecular weight excluding hydrogens is 354 g/mol. The lowest BCUT2D eigenvalue weighted by atomic mass is 10.1. The van der Waals surface area contributed by atoms with Gasteiger partial charge in [0.25, 0.3) is 0 Å². The van der Waals surface area contributed by atoms with Gasteiger partial charge in [0, 0.05) is 50.4 Å². The molecule has 2 aromatic heterocycles. The van der Waals surface area contributed by atoms with E-state index in [0.717, 1.165) is 54.7 Å². The van der Waals surface area contributed by atoms with Gasteiger partial charge in [0.05, 0.1) is 32.4 Å². The van der Waals surface area contributed by atoms with Crippen molar-refractivity contribution in [1.29, 1.82) is 0 Å². The average Bonchev–Trinajstić information content (AvgIpc) is 3.35. The SMILES string of the molecule is COc1ccc(N2CCN(c3c(C)c(-c4ccco4)[c]n3C)CC2)c(OC)c1. The van der Waals surface area contributed by atoms with Crippen LogP contribution in [0.15, 0.2) is 41.0 Å². The first-order valence-corrected chi connectivity index (χ1v) is 9.46. The number of piperazine rings is 1. The highest BCUT2D eigenvalue weighted by molar-refractivity contribution is 5.70. The summed E-state index contributed by atoms with van der Waals surface area (Å²) in [5.41, 5.74) is 3.34. The lowest BCUT2D eigenvalue weighted by molar-refractivity contribution is 0.394. The van der Waals surface area contributed by atoms with Gasteiger partial charge < -0.3 is 28.3 Å². The zero-order chi connectivity index (χ0) is 19.7. The summed E-state index contributed by atoms with van der Waals surface area (Å²) in [7, 11) is 5.42. The van der Waals surface area contributed by atoms with Crippen LogP contribution in [0.1, 0.15) is 5.56 Å². The minimum atomic E-state index is 0.805. The zero-order valence-corrected chi connectivity index (χ0v) is 16.9. The lowest BCUT2D eigenvalue weighted by Crippen LogP contribution is -2.47. The van der Waals surface area contributed by atoms with Crippen molar-refractivity contribution in [2.45, 2.75) is 6.92 Å². The fraction of sp³-hybridized carbons (Fsp3) is 0.364. The quantitative estimate of drug-likeness (QED) is 0.675. The Morgan fingerprint density at radius 3 is 2.39 bits per heavy atom. The third-order valence-electron chi connectivity index (χ3n) is 5.38. The second-order valence-corrected chi connectivity index (χ2v) is 6.98. The normalized spacial score (nSPS) is 14.4. The van der Waals surface area contributed by atoms with Gasteiger partial charge in [-0.3, -0.25) is 0 Å². The first-order chi connectivity index (χ1) is 13.6. The van der Waals surface area contributed by atoms with E-state index in [1.54, 1.807) is 20.5 Å². The summed E-state index contributed by atoms with van der Waals surface area (Å²) in [6.07, 6.45) is 5.12. The van der Waals surface area contributed by atoms with Crippen LogP contribution in [0.2, 0.25) is 0 Å². The molecule has 1 saturated heterocycles. The number of methoxy groups -OCH3 is 2. The average molecular weight is 380 g/mol. The minimum absolute atomic E-state index is 0.805. The molecule has 3 heterocycles. The molecule has 1 aliphatic rings. The van der Waals surface area contributed by atoms with Gasteiger partial charge in [0.15, 0.2) is 0 Å². The van der Waals surface area contributed by atoms with Gasteiger partial charge in [-0.1, -0.05) is 0 Å². The highest BCUT2D eigenvalue weighted by atomic mass is 16.5. The predicted octanol–water partition coefficient (Wildman–Crippen LogP) is 3.74. The van der Waals surface area contributed by atoms with E-state index < -0.39 is 0 Å². The van der Waals surface area contributed by atoms with E-state index >= 15 is 0 Å². The maximum atomic E-state index is 5.58. The van der Waals surface area contributed by atoms with Crippen molar-refractivity contribution in [2.75, 3.05) is 50.2 Å². The van der Waals surface area contributed by atoms with E-state index in [4.69, 9.17) is 13.9 Å². The molecule has 6 heteroatoms. The van der Waals surface area contributed by atoms with Crippen LogP contribution in [0.4, 0.5) is 11.5 Å². The van der Waals surface area contributed by atoms with Crippen molar-refractivity contribution in [3.63, 3.8) is 0 Å². The Bertz CT molecular complexity index is 938. The minimum Gasteiger partial charge on any atom is -0.497 e. The molecule has 0 amide bonds. The summed E-state index contributed by atoms with van der Waals surface area (Å²) in [5.74, 6) is 3.71. The molecule has 0 unspecified atom stereocenters. The van der Waals surface area contributed by atoms with Crippen LogP contribution < -0.4 is 19.3 Å². The van der Waals surface area contributed by atoms with Crippen molar-refractivity contribution in [3.8, 4) is 22.8 Å². The monoisotopic (exact) mass is 380 g/mol. The molecule has 0 aliphatic carbocycles. The number of benzene rings is 1. The number of aromatic nitrogens is 1. The molecule has 4 rings (SSSR count). The fourth-order valence-corrected chi connectivity index (χ4v) is 3.98. The number of nitrogens with zero attached hydrogens (tertiary/aromatic N) is 3. The molecule has 1 aliphatic heterocycles. The second-order valence-electron chi connectivity index (χ2n) is 6.98. The summed E-state index contributed by atoms with van der Waals surface area (Å²) >= 11 is 0. The van der Waals surface area contributed by atoms with E-state index in [0.29, 0.717) is 0 Å². The smallest absolute Gasteiger partial charge is 0.145 e. The van der Waals surface area contributed by atoms with E-state index in [-0.39, 0.29) is 0 Å². The summed E-state index contributed by atoms with van der Waals surface area (Å²) < 4.78 is 18.6. The van der Waals surface area contributed by atoms with Gasteiger partial charge in [-0.2, -0.15) is 0 Å². The van der Waals surface area contributed by atoms with Gasteiger partial charge in [-0.05, 0) is 31.2 Å². The van der Waals surface area contributed by atoms with Crippen LogP contribution in [-0.4, -0.2) is 45.0 Å². The van der Waals surface area contributed by atoms with Crippen LogP contribution in [-0.2, 0) is 7.05 Å². The molecule has 0 atom stereocenters. The summed E-state index contributed by atoms with van der Waals surface area (Å²) in [6, 6.07) is 9.89. The molecule has 0 N–H and O–H groups in total. The summed E-state index contributed by atoms with van der Waals surface area (Å²) in [5, 5.41) is 0. The predicted molar refractivity (Wildman–Crippen MR) is 111 cm³/mol. The Balaban J connectivity index is 1.52. The van der Waals surface area contributed by atoms with Gasteiger partial charge in [0.1, 0.15) is 23.1 Å². The molecule has 147 valence electrons. The Labute approximate surface area is 165 Å². The van der Waals surface area contributed by atoms with Gasteiger partial charge in [0.2, 0.25) is 0 Å². The summed E-state index contributed by atoms with van der Waals surface area (Å²) in [4.78, 5) is 4.79. The topological polar surface area (TPSA) is 43.0 Å². The van der Waals surface area contributed by atoms with E-state index in [1.807, 2.05) is 31.3 Å². The fourth-order valence-electron chi connectivity index (χ4n) is 3.98. The third-order valence-corrected chi connectivity index (χ3v) is 5.38. The van der Waals surface area contributed by atoms with E-state index in [9.17, 15) is 0 Å². The molecule has 1 fully saturated rings. The maximum absolute atomic E-state index is 5.58. The number of hydrogen-bond donors (Lipinski definition) is 0. The molecule has 0 bridgehead atoms. The summed E-state index contributed by atoms with van der Waals surface area (Å²) in [6.45, 7) is 5.84. The highest BCUT2D eigenvalue weighted by Gasteiger charge is 2.25.